The number of carbonyl (C=O) groups is 1. The van der Waals surface area contributed by atoms with E-state index < -0.39 is 0 Å². The van der Waals surface area contributed by atoms with E-state index in [1.54, 1.807) is 6.07 Å². The summed E-state index contributed by atoms with van der Waals surface area (Å²) in [5.41, 5.74) is 1.47. The monoisotopic (exact) mass is 348 g/mol. The van der Waals surface area contributed by atoms with Gasteiger partial charge < -0.3 is 9.64 Å². The summed E-state index contributed by atoms with van der Waals surface area (Å²) in [6.45, 7) is 9.13. The van der Waals surface area contributed by atoms with Gasteiger partial charge in [0.15, 0.2) is 0 Å². The number of methoxy groups -OCH3 is 1. The van der Waals surface area contributed by atoms with Gasteiger partial charge in [0.05, 0.1) is 12.8 Å². The second-order valence-corrected chi connectivity index (χ2v) is 8.34. The lowest BCUT2D eigenvalue weighted by Crippen LogP contribution is -2.57. The van der Waals surface area contributed by atoms with E-state index in [1.807, 2.05) is 17.0 Å². The van der Waals surface area contributed by atoms with E-state index in [9.17, 15) is 9.18 Å². The van der Waals surface area contributed by atoms with Crippen molar-refractivity contribution in [3.05, 3.63) is 29.6 Å². The zero-order chi connectivity index (χ0) is 18.2. The molecule has 0 aromatic heterocycles. The van der Waals surface area contributed by atoms with Crippen LogP contribution in [0.1, 0.15) is 39.2 Å². The molecule has 0 radical (unpaired) electrons. The predicted molar refractivity (Wildman–Crippen MR) is 97.4 cm³/mol. The Hall–Kier alpha value is -1.62. The number of ether oxygens (including phenoxy) is 1. The van der Waals surface area contributed by atoms with Crippen LogP contribution in [0.25, 0.3) is 0 Å². The number of carbonyl (C=O) groups excluding carboxylic acids is 1. The van der Waals surface area contributed by atoms with Gasteiger partial charge in [-0.2, -0.15) is 0 Å². The minimum absolute atomic E-state index is 0.0864. The summed E-state index contributed by atoms with van der Waals surface area (Å²) < 4.78 is 19.7. The average Bonchev–Trinajstić information content (AvgIpc) is 3.38. The molecule has 2 fully saturated rings. The highest BCUT2D eigenvalue weighted by Crippen LogP contribution is 2.33. The first-order valence-corrected chi connectivity index (χ1v) is 9.16. The Bertz CT molecular complexity index is 637. The number of benzene rings is 1. The lowest BCUT2D eigenvalue weighted by atomic mass is 9.87. The van der Waals surface area contributed by atoms with E-state index in [1.165, 1.54) is 20.0 Å². The molecular formula is C20H29FN2O2. The van der Waals surface area contributed by atoms with Crippen LogP contribution >= 0.6 is 0 Å². The number of piperazine rings is 1. The van der Waals surface area contributed by atoms with Crippen molar-refractivity contribution < 1.29 is 13.9 Å². The highest BCUT2D eigenvalue weighted by atomic mass is 19.1. The molecule has 138 valence electrons. The van der Waals surface area contributed by atoms with Crippen LogP contribution in [0.5, 0.6) is 0 Å². The first-order chi connectivity index (χ1) is 11.8. The van der Waals surface area contributed by atoms with Crippen molar-refractivity contribution >= 4 is 11.7 Å². The second kappa shape index (κ2) is 6.94. The molecule has 0 spiro atoms. The topological polar surface area (TPSA) is 32.8 Å². The predicted octanol–water partition coefficient (Wildman–Crippen LogP) is 3.20. The third kappa shape index (κ3) is 4.14. The van der Waals surface area contributed by atoms with Crippen LogP contribution in [-0.2, 0) is 14.9 Å². The van der Waals surface area contributed by atoms with Crippen LogP contribution in [0.4, 0.5) is 10.1 Å². The van der Waals surface area contributed by atoms with Crippen molar-refractivity contribution in [2.75, 3.05) is 38.2 Å². The number of halogens is 1. The highest BCUT2D eigenvalue weighted by Gasteiger charge is 2.37. The second-order valence-electron chi connectivity index (χ2n) is 8.34. The average molecular weight is 348 g/mol. The molecule has 0 bridgehead atoms. The van der Waals surface area contributed by atoms with Gasteiger partial charge in [0.2, 0.25) is 0 Å². The summed E-state index contributed by atoms with van der Waals surface area (Å²) in [6.07, 6.45) is 2.49. The minimum Gasteiger partial charge on any atom is -0.468 e. The number of nitrogens with zero attached hydrogens (tertiary/aromatic N) is 2. The molecule has 1 aromatic carbocycles. The summed E-state index contributed by atoms with van der Waals surface area (Å²) in [5, 5.41) is 0. The molecule has 1 heterocycles. The number of esters is 1. The molecule has 25 heavy (non-hydrogen) atoms. The summed E-state index contributed by atoms with van der Waals surface area (Å²) in [4.78, 5) is 16.4. The fraction of sp³-hybridized carbons (Fsp3) is 0.650. The van der Waals surface area contributed by atoms with Gasteiger partial charge in [-0.15, -0.1) is 0 Å². The number of rotatable bonds is 4. The van der Waals surface area contributed by atoms with Crippen molar-refractivity contribution in [1.82, 2.24) is 4.90 Å². The molecule has 4 nitrogen and oxygen atoms in total. The summed E-state index contributed by atoms with van der Waals surface area (Å²) in [5.74, 6) is 0.269. The van der Waals surface area contributed by atoms with Gasteiger partial charge >= 0.3 is 5.97 Å². The maximum atomic E-state index is 14.7. The Balaban J connectivity index is 1.77. The fourth-order valence-electron chi connectivity index (χ4n) is 3.48. The smallest absolute Gasteiger partial charge is 0.324 e. The molecular weight excluding hydrogens is 319 g/mol. The molecule has 1 saturated heterocycles. The first kappa shape index (κ1) is 18.2. The number of hydrogen-bond donors (Lipinski definition) is 0. The molecule has 0 N–H and O–H groups in total. The van der Waals surface area contributed by atoms with Gasteiger partial charge in [-0.05, 0) is 41.9 Å². The zero-order valence-corrected chi connectivity index (χ0v) is 15.7. The molecule has 1 aliphatic heterocycles. The normalized spacial score (nSPS) is 22.1. The van der Waals surface area contributed by atoms with Gasteiger partial charge in [0.1, 0.15) is 11.9 Å². The molecule has 5 heteroatoms. The van der Waals surface area contributed by atoms with Gasteiger partial charge in [-0.1, -0.05) is 26.8 Å². The molecule has 1 aliphatic carbocycles. The van der Waals surface area contributed by atoms with Gasteiger partial charge in [0, 0.05) is 26.2 Å². The quantitative estimate of drug-likeness (QED) is 0.783. The third-order valence-corrected chi connectivity index (χ3v) is 5.31. The van der Waals surface area contributed by atoms with Crippen LogP contribution in [0.3, 0.4) is 0 Å². The lowest BCUT2D eigenvalue weighted by Gasteiger charge is -2.41. The first-order valence-electron chi connectivity index (χ1n) is 9.16. The molecule has 1 aromatic rings. The SMILES string of the molecule is COC(=O)[C@@H]1CN(c2ccc(C(C)(C)C)cc2F)CCN1CC1CC1. The standard InChI is InChI=1S/C20H29FN2O2/c1-20(2,3)15-7-8-17(16(21)11-15)23-10-9-22(12-14-5-6-14)18(13-23)19(24)25-4/h7-8,11,14,18H,5-6,9-10,12-13H2,1-4H3/t18-/m0/s1. The zero-order valence-electron chi connectivity index (χ0n) is 15.7. The van der Waals surface area contributed by atoms with Crippen LogP contribution in [0.2, 0.25) is 0 Å². The van der Waals surface area contributed by atoms with E-state index in [4.69, 9.17) is 4.74 Å². The van der Waals surface area contributed by atoms with Gasteiger partial charge in [-0.25, -0.2) is 4.39 Å². The van der Waals surface area contributed by atoms with E-state index in [0.29, 0.717) is 18.2 Å². The third-order valence-electron chi connectivity index (χ3n) is 5.31. The summed E-state index contributed by atoms with van der Waals surface area (Å²) >= 11 is 0. The van der Waals surface area contributed by atoms with Crippen molar-refractivity contribution in [2.45, 2.75) is 45.1 Å². The molecule has 1 atom stereocenters. The summed E-state index contributed by atoms with van der Waals surface area (Å²) in [6, 6.07) is 5.14. The highest BCUT2D eigenvalue weighted by molar-refractivity contribution is 5.77. The number of anilines is 1. The van der Waals surface area contributed by atoms with Crippen LogP contribution < -0.4 is 4.90 Å². The van der Waals surface area contributed by atoms with E-state index in [-0.39, 0.29) is 23.2 Å². The van der Waals surface area contributed by atoms with Crippen molar-refractivity contribution in [3.63, 3.8) is 0 Å². The molecule has 3 rings (SSSR count). The Morgan fingerprint density at radius 1 is 1.28 bits per heavy atom. The van der Waals surface area contributed by atoms with E-state index >= 15 is 0 Å². The molecule has 1 saturated carbocycles. The Labute approximate surface area is 149 Å². The molecule has 2 aliphatic rings. The van der Waals surface area contributed by atoms with Gasteiger partial charge in [0.25, 0.3) is 0 Å². The van der Waals surface area contributed by atoms with E-state index in [2.05, 4.69) is 25.7 Å². The Kier molecular flexibility index (Phi) is 5.05. The van der Waals surface area contributed by atoms with Crippen LogP contribution in [-0.4, -0.2) is 50.2 Å². The maximum Gasteiger partial charge on any atom is 0.324 e. The van der Waals surface area contributed by atoms with Crippen molar-refractivity contribution in [1.29, 1.82) is 0 Å². The molecule has 0 amide bonds. The van der Waals surface area contributed by atoms with Crippen molar-refractivity contribution in [2.24, 2.45) is 5.92 Å². The van der Waals surface area contributed by atoms with Gasteiger partial charge in [-0.3, -0.25) is 9.69 Å². The lowest BCUT2D eigenvalue weighted by molar-refractivity contribution is -0.147. The largest absolute Gasteiger partial charge is 0.468 e. The van der Waals surface area contributed by atoms with Crippen LogP contribution in [0.15, 0.2) is 18.2 Å². The Morgan fingerprint density at radius 3 is 2.56 bits per heavy atom. The van der Waals surface area contributed by atoms with E-state index in [0.717, 1.165) is 25.2 Å². The summed E-state index contributed by atoms with van der Waals surface area (Å²) in [7, 11) is 1.43. The Morgan fingerprint density at radius 2 is 2.00 bits per heavy atom. The van der Waals surface area contributed by atoms with Crippen molar-refractivity contribution in [3.8, 4) is 0 Å². The minimum atomic E-state index is -0.318. The molecule has 0 unspecified atom stereocenters. The number of hydrogen-bond acceptors (Lipinski definition) is 4. The van der Waals surface area contributed by atoms with Crippen LogP contribution in [0, 0.1) is 11.7 Å². The fourth-order valence-corrected chi connectivity index (χ4v) is 3.48. The maximum absolute atomic E-state index is 14.7.